The second-order valence-corrected chi connectivity index (χ2v) is 5.97. The number of nitrogens with two attached hydrogens (primary N) is 1. The van der Waals surface area contributed by atoms with Crippen molar-refractivity contribution in [2.24, 2.45) is 5.73 Å². The molecule has 0 unspecified atom stereocenters. The Morgan fingerprint density at radius 1 is 1.40 bits per heavy atom. The molecule has 0 radical (unpaired) electrons. The van der Waals surface area contributed by atoms with Gasteiger partial charge >= 0.3 is 6.18 Å². The fraction of sp³-hybridized carbons (Fsp3) is 0.818. The van der Waals surface area contributed by atoms with Gasteiger partial charge in [0.2, 0.25) is 11.8 Å². The van der Waals surface area contributed by atoms with E-state index in [0.717, 1.165) is 4.90 Å². The van der Waals surface area contributed by atoms with Crippen LogP contribution in [-0.4, -0.2) is 64.6 Å². The van der Waals surface area contributed by atoms with Gasteiger partial charge in [0.25, 0.3) is 0 Å². The summed E-state index contributed by atoms with van der Waals surface area (Å²) >= 11 is 1.34. The quantitative estimate of drug-likeness (QED) is 0.802. The van der Waals surface area contributed by atoms with E-state index in [2.05, 4.69) is 0 Å². The molecule has 20 heavy (non-hydrogen) atoms. The van der Waals surface area contributed by atoms with Crippen LogP contribution in [-0.2, 0) is 9.59 Å². The van der Waals surface area contributed by atoms with E-state index in [-0.39, 0.29) is 37.6 Å². The van der Waals surface area contributed by atoms with Gasteiger partial charge in [0, 0.05) is 12.6 Å². The number of likely N-dealkylation sites (tertiary alicyclic amines) is 1. The highest BCUT2D eigenvalue weighted by Gasteiger charge is 2.47. The monoisotopic (exact) mass is 311 g/mol. The summed E-state index contributed by atoms with van der Waals surface area (Å²) in [5.41, 5.74) is 5.66. The summed E-state index contributed by atoms with van der Waals surface area (Å²) in [4.78, 5) is 25.6. The van der Waals surface area contributed by atoms with Gasteiger partial charge in [-0.15, -0.1) is 11.8 Å². The molecule has 0 aromatic carbocycles. The predicted molar refractivity (Wildman–Crippen MR) is 67.8 cm³/mol. The van der Waals surface area contributed by atoms with Crippen molar-refractivity contribution in [3.05, 3.63) is 0 Å². The topological polar surface area (TPSA) is 66.6 Å². The van der Waals surface area contributed by atoms with E-state index in [9.17, 15) is 22.8 Å². The lowest BCUT2D eigenvalue weighted by Crippen LogP contribution is -2.58. The largest absolute Gasteiger partial charge is 0.408 e. The van der Waals surface area contributed by atoms with E-state index in [4.69, 9.17) is 5.73 Å². The molecule has 114 valence electrons. The number of thioether (sulfide) groups is 1. The van der Waals surface area contributed by atoms with Gasteiger partial charge in [0.1, 0.15) is 12.6 Å². The Morgan fingerprint density at radius 3 is 2.65 bits per heavy atom. The molecule has 0 aliphatic carbocycles. The number of rotatable bonds is 2. The summed E-state index contributed by atoms with van der Waals surface area (Å²) < 4.78 is 38.8. The van der Waals surface area contributed by atoms with Crippen LogP contribution in [0.5, 0.6) is 0 Å². The van der Waals surface area contributed by atoms with Crippen LogP contribution >= 0.6 is 11.8 Å². The van der Waals surface area contributed by atoms with Gasteiger partial charge in [0.15, 0.2) is 0 Å². The normalized spacial score (nSPS) is 28.1. The van der Waals surface area contributed by atoms with Crippen molar-refractivity contribution in [1.29, 1.82) is 0 Å². The van der Waals surface area contributed by atoms with Crippen molar-refractivity contribution in [2.45, 2.75) is 31.1 Å². The smallest absolute Gasteiger partial charge is 0.327 e. The standard InChI is InChI=1S/C11H16F3N3O2S/c12-11(13,14)8-2-1-7(15)3-17(8)9(18)4-16-6-20-5-10(16)19/h7-8H,1-6,15H2/t7-,8-/m1/s1. The maximum absolute atomic E-state index is 12.9. The molecule has 0 aromatic heterocycles. The Hall–Kier alpha value is -0.960. The van der Waals surface area contributed by atoms with E-state index in [1.807, 2.05) is 0 Å². The summed E-state index contributed by atoms with van der Waals surface area (Å²) in [6.07, 6.45) is -4.40. The Kier molecular flexibility index (Phi) is 4.48. The lowest BCUT2D eigenvalue weighted by atomic mass is 9.98. The van der Waals surface area contributed by atoms with Gasteiger partial charge in [0.05, 0.1) is 11.6 Å². The SMILES string of the molecule is N[C@@H]1CC[C@H](C(F)(F)F)N(C(=O)CN2CSCC2=O)C1. The molecule has 0 saturated carbocycles. The van der Waals surface area contributed by atoms with Gasteiger partial charge in [-0.05, 0) is 12.8 Å². The first kappa shape index (κ1) is 15.4. The second kappa shape index (κ2) is 5.80. The molecule has 0 spiro atoms. The molecular formula is C11H16F3N3O2S. The molecule has 9 heteroatoms. The van der Waals surface area contributed by atoms with Crippen molar-refractivity contribution in [2.75, 3.05) is 24.7 Å². The van der Waals surface area contributed by atoms with Crippen LogP contribution in [0.25, 0.3) is 0 Å². The number of hydrogen-bond acceptors (Lipinski definition) is 4. The summed E-state index contributed by atoms with van der Waals surface area (Å²) in [5, 5.41) is 0. The Morgan fingerprint density at radius 2 is 2.10 bits per heavy atom. The number of carbonyl (C=O) groups excluding carboxylic acids is 2. The van der Waals surface area contributed by atoms with E-state index >= 15 is 0 Å². The second-order valence-electron chi connectivity index (χ2n) is 5.01. The summed E-state index contributed by atoms with van der Waals surface area (Å²) in [6.45, 7) is -0.413. The van der Waals surface area contributed by atoms with Crippen molar-refractivity contribution in [1.82, 2.24) is 9.80 Å². The minimum atomic E-state index is -4.46. The lowest BCUT2D eigenvalue weighted by Gasteiger charge is -2.39. The first-order valence-corrected chi connectivity index (χ1v) is 7.42. The van der Waals surface area contributed by atoms with Crippen LogP contribution in [0.3, 0.4) is 0 Å². The third kappa shape index (κ3) is 3.38. The fourth-order valence-electron chi connectivity index (χ4n) is 2.41. The van der Waals surface area contributed by atoms with E-state index in [1.54, 1.807) is 0 Å². The third-order valence-corrected chi connectivity index (χ3v) is 4.41. The number of alkyl halides is 3. The highest BCUT2D eigenvalue weighted by atomic mass is 32.2. The van der Waals surface area contributed by atoms with Crippen molar-refractivity contribution < 1.29 is 22.8 Å². The predicted octanol–water partition coefficient (Wildman–Crippen LogP) is 0.400. The van der Waals surface area contributed by atoms with Crippen LogP contribution in [0.2, 0.25) is 0 Å². The number of halogens is 3. The molecule has 5 nitrogen and oxygen atoms in total. The van der Waals surface area contributed by atoms with E-state index in [0.29, 0.717) is 5.88 Å². The maximum atomic E-state index is 12.9. The molecule has 2 atom stereocenters. The fourth-order valence-corrected chi connectivity index (χ4v) is 3.31. The summed E-state index contributed by atoms with van der Waals surface area (Å²) in [5.74, 6) is -0.275. The zero-order chi connectivity index (χ0) is 14.9. The highest BCUT2D eigenvalue weighted by Crippen LogP contribution is 2.31. The number of amides is 2. The van der Waals surface area contributed by atoms with Crippen LogP contribution in [0.15, 0.2) is 0 Å². The average Bonchev–Trinajstić information content (AvgIpc) is 2.73. The lowest BCUT2D eigenvalue weighted by molar-refractivity contribution is -0.197. The molecule has 2 aliphatic heterocycles. The van der Waals surface area contributed by atoms with Crippen molar-refractivity contribution >= 4 is 23.6 Å². The molecular weight excluding hydrogens is 295 g/mol. The van der Waals surface area contributed by atoms with E-state index in [1.165, 1.54) is 16.7 Å². The van der Waals surface area contributed by atoms with Crippen LogP contribution < -0.4 is 5.73 Å². The van der Waals surface area contributed by atoms with Crippen LogP contribution in [0, 0.1) is 0 Å². The van der Waals surface area contributed by atoms with Crippen LogP contribution in [0.1, 0.15) is 12.8 Å². The van der Waals surface area contributed by atoms with Crippen molar-refractivity contribution in [3.63, 3.8) is 0 Å². The minimum absolute atomic E-state index is 0.113. The Labute approximate surface area is 118 Å². The van der Waals surface area contributed by atoms with Gasteiger partial charge in [-0.1, -0.05) is 0 Å². The minimum Gasteiger partial charge on any atom is -0.327 e. The molecule has 2 heterocycles. The van der Waals surface area contributed by atoms with E-state index < -0.39 is 24.2 Å². The van der Waals surface area contributed by atoms with Gasteiger partial charge in [-0.3, -0.25) is 9.59 Å². The molecule has 0 bridgehead atoms. The number of piperidine rings is 1. The van der Waals surface area contributed by atoms with Crippen LogP contribution in [0.4, 0.5) is 13.2 Å². The number of carbonyl (C=O) groups is 2. The Bertz CT molecular complexity index is 405. The molecule has 2 fully saturated rings. The summed E-state index contributed by atoms with van der Waals surface area (Å²) in [6, 6.07) is -2.23. The molecule has 2 amide bonds. The molecule has 2 rings (SSSR count). The highest BCUT2D eigenvalue weighted by molar-refractivity contribution is 8.00. The molecule has 2 saturated heterocycles. The zero-order valence-electron chi connectivity index (χ0n) is 10.7. The van der Waals surface area contributed by atoms with Crippen molar-refractivity contribution in [3.8, 4) is 0 Å². The zero-order valence-corrected chi connectivity index (χ0v) is 11.5. The number of nitrogens with zero attached hydrogens (tertiary/aromatic N) is 2. The first-order valence-electron chi connectivity index (χ1n) is 6.26. The van der Waals surface area contributed by atoms with Gasteiger partial charge < -0.3 is 15.5 Å². The summed E-state index contributed by atoms with van der Waals surface area (Å²) in [7, 11) is 0. The first-order chi connectivity index (χ1) is 9.29. The van der Waals surface area contributed by atoms with Gasteiger partial charge in [-0.25, -0.2) is 0 Å². The molecule has 0 aromatic rings. The average molecular weight is 311 g/mol. The third-order valence-electron chi connectivity index (χ3n) is 3.47. The molecule has 2 N–H and O–H groups in total. The van der Waals surface area contributed by atoms with Gasteiger partial charge in [-0.2, -0.15) is 13.2 Å². The Balaban J connectivity index is 2.05. The molecule has 2 aliphatic rings. The maximum Gasteiger partial charge on any atom is 0.408 e. The number of hydrogen-bond donors (Lipinski definition) is 1.